The Labute approximate surface area is 128 Å². The summed E-state index contributed by atoms with van der Waals surface area (Å²) in [6, 6.07) is 12.4. The zero-order valence-electron chi connectivity index (χ0n) is 12.7. The summed E-state index contributed by atoms with van der Waals surface area (Å²) in [4.78, 5) is 13.9. The Morgan fingerprint density at radius 1 is 1.05 bits per heavy atom. The molecule has 1 aliphatic rings. The van der Waals surface area contributed by atoms with E-state index in [0.717, 1.165) is 27.5 Å². The first kappa shape index (κ1) is 13.2. The molecule has 0 unspecified atom stereocenters. The number of pyridine rings is 2. The number of hydrogen-bond acceptors (Lipinski definition) is 4. The van der Waals surface area contributed by atoms with Gasteiger partial charge in [0.25, 0.3) is 0 Å². The molecular formula is C18H17N3O. The van der Waals surface area contributed by atoms with Crippen LogP contribution in [-0.2, 0) is 4.74 Å². The fraction of sp³-hybridized carbons (Fsp3) is 0.278. The third-order valence-electron chi connectivity index (χ3n) is 4.09. The van der Waals surface area contributed by atoms with Crippen molar-refractivity contribution in [3.8, 4) is 0 Å². The summed E-state index contributed by atoms with van der Waals surface area (Å²) in [5, 5.41) is 2.17. The Kier molecular flexibility index (Phi) is 3.03. The number of hydrogen-bond donors (Lipinski definition) is 0. The fourth-order valence-corrected chi connectivity index (χ4v) is 2.71. The second-order valence-electron chi connectivity index (χ2n) is 5.97. The van der Waals surface area contributed by atoms with Crippen LogP contribution in [0.15, 0.2) is 47.6 Å². The van der Waals surface area contributed by atoms with Crippen molar-refractivity contribution in [1.29, 1.82) is 0 Å². The number of aliphatic imine (C=N–C) groups is 1. The smallest absolute Gasteiger partial charge is 0.235 e. The van der Waals surface area contributed by atoms with E-state index in [0.29, 0.717) is 18.4 Å². The van der Waals surface area contributed by atoms with E-state index in [-0.39, 0.29) is 6.04 Å². The fourth-order valence-electron chi connectivity index (χ4n) is 2.71. The van der Waals surface area contributed by atoms with Gasteiger partial charge in [0.2, 0.25) is 5.90 Å². The molecule has 0 bridgehead atoms. The quantitative estimate of drug-likeness (QED) is 0.678. The molecule has 110 valence electrons. The summed E-state index contributed by atoms with van der Waals surface area (Å²) in [5.74, 6) is 1.12. The standard InChI is InChI=1S/C18H17N3O/c1-11(2)15-10-22-18(21-15)14-8-7-13-6-5-12-4-3-9-19-16(12)17(13)20-14/h3-9,11,15H,10H2,1-2H3/t15-/m1/s1. The van der Waals surface area contributed by atoms with Gasteiger partial charge in [0.15, 0.2) is 0 Å². The largest absolute Gasteiger partial charge is 0.474 e. The maximum Gasteiger partial charge on any atom is 0.235 e. The van der Waals surface area contributed by atoms with Gasteiger partial charge in [-0.3, -0.25) is 4.98 Å². The number of nitrogens with zero attached hydrogens (tertiary/aromatic N) is 3. The van der Waals surface area contributed by atoms with Crippen LogP contribution in [0.2, 0.25) is 0 Å². The van der Waals surface area contributed by atoms with Gasteiger partial charge < -0.3 is 4.74 Å². The Morgan fingerprint density at radius 2 is 1.82 bits per heavy atom. The van der Waals surface area contributed by atoms with Crippen LogP contribution < -0.4 is 0 Å². The Balaban J connectivity index is 1.87. The first-order chi connectivity index (χ1) is 10.7. The van der Waals surface area contributed by atoms with Crippen molar-refractivity contribution < 1.29 is 4.74 Å². The zero-order chi connectivity index (χ0) is 15.1. The van der Waals surface area contributed by atoms with E-state index in [9.17, 15) is 0 Å². The molecule has 1 aliphatic heterocycles. The SMILES string of the molecule is CC(C)[C@H]1COC(c2ccc3ccc4cccnc4c3n2)=N1. The van der Waals surface area contributed by atoms with Crippen molar-refractivity contribution in [3.63, 3.8) is 0 Å². The molecule has 3 heterocycles. The number of fused-ring (bicyclic) bond motifs is 3. The van der Waals surface area contributed by atoms with Crippen LogP contribution in [-0.4, -0.2) is 28.5 Å². The monoisotopic (exact) mass is 291 g/mol. The average Bonchev–Trinajstić information content (AvgIpc) is 3.04. The van der Waals surface area contributed by atoms with E-state index in [1.807, 2.05) is 12.1 Å². The maximum atomic E-state index is 5.74. The van der Waals surface area contributed by atoms with Crippen molar-refractivity contribution >= 4 is 27.7 Å². The highest BCUT2D eigenvalue weighted by Gasteiger charge is 2.23. The molecule has 4 nitrogen and oxygen atoms in total. The summed E-state index contributed by atoms with van der Waals surface area (Å²) < 4.78 is 5.74. The van der Waals surface area contributed by atoms with Gasteiger partial charge >= 0.3 is 0 Å². The molecule has 4 heteroatoms. The third-order valence-corrected chi connectivity index (χ3v) is 4.09. The van der Waals surface area contributed by atoms with E-state index in [1.165, 1.54) is 0 Å². The summed E-state index contributed by atoms with van der Waals surface area (Å²) >= 11 is 0. The van der Waals surface area contributed by atoms with Gasteiger partial charge in [-0.25, -0.2) is 9.98 Å². The molecule has 3 aromatic rings. The van der Waals surface area contributed by atoms with Gasteiger partial charge in [-0.15, -0.1) is 0 Å². The molecule has 0 radical (unpaired) electrons. The van der Waals surface area contributed by atoms with Crippen LogP contribution in [0.4, 0.5) is 0 Å². The second-order valence-corrected chi connectivity index (χ2v) is 5.97. The molecule has 1 aromatic carbocycles. The minimum Gasteiger partial charge on any atom is -0.474 e. The molecule has 0 fully saturated rings. The molecule has 0 spiro atoms. The van der Waals surface area contributed by atoms with Gasteiger partial charge in [0.1, 0.15) is 12.3 Å². The molecule has 2 aromatic heterocycles. The zero-order valence-corrected chi connectivity index (χ0v) is 12.7. The number of ether oxygens (including phenoxy) is 1. The Bertz CT molecular complexity index is 886. The van der Waals surface area contributed by atoms with Crippen molar-refractivity contribution in [2.75, 3.05) is 6.61 Å². The van der Waals surface area contributed by atoms with E-state index in [2.05, 4.69) is 48.1 Å². The Hall–Kier alpha value is -2.49. The molecule has 0 saturated heterocycles. The molecular weight excluding hydrogens is 274 g/mol. The lowest BCUT2D eigenvalue weighted by Gasteiger charge is -2.06. The van der Waals surface area contributed by atoms with E-state index in [1.54, 1.807) is 6.20 Å². The predicted molar refractivity (Wildman–Crippen MR) is 88.2 cm³/mol. The van der Waals surface area contributed by atoms with E-state index >= 15 is 0 Å². The molecule has 0 saturated carbocycles. The highest BCUT2D eigenvalue weighted by atomic mass is 16.5. The van der Waals surface area contributed by atoms with Gasteiger partial charge in [0, 0.05) is 17.0 Å². The van der Waals surface area contributed by atoms with Crippen LogP contribution in [0.5, 0.6) is 0 Å². The highest BCUT2D eigenvalue weighted by molar-refractivity contribution is 6.04. The summed E-state index contributed by atoms with van der Waals surface area (Å²) in [5.41, 5.74) is 2.60. The van der Waals surface area contributed by atoms with Crippen LogP contribution in [0.3, 0.4) is 0 Å². The van der Waals surface area contributed by atoms with E-state index < -0.39 is 0 Å². The van der Waals surface area contributed by atoms with Crippen molar-refractivity contribution in [2.45, 2.75) is 19.9 Å². The molecule has 1 atom stereocenters. The van der Waals surface area contributed by atoms with Crippen LogP contribution >= 0.6 is 0 Å². The molecule has 4 rings (SSSR count). The van der Waals surface area contributed by atoms with Gasteiger partial charge in [-0.2, -0.15) is 0 Å². The first-order valence-corrected chi connectivity index (χ1v) is 7.58. The van der Waals surface area contributed by atoms with Crippen molar-refractivity contribution in [3.05, 3.63) is 48.3 Å². The maximum absolute atomic E-state index is 5.74. The Morgan fingerprint density at radius 3 is 2.59 bits per heavy atom. The summed E-state index contributed by atoms with van der Waals surface area (Å²) in [7, 11) is 0. The van der Waals surface area contributed by atoms with Gasteiger partial charge in [-0.05, 0) is 18.1 Å². The molecule has 0 N–H and O–H groups in total. The van der Waals surface area contributed by atoms with Gasteiger partial charge in [0.05, 0.1) is 17.1 Å². The minimum atomic E-state index is 0.220. The molecule has 22 heavy (non-hydrogen) atoms. The minimum absolute atomic E-state index is 0.220. The second kappa shape index (κ2) is 5.05. The summed E-state index contributed by atoms with van der Waals surface area (Å²) in [6.45, 7) is 4.96. The first-order valence-electron chi connectivity index (χ1n) is 7.58. The molecule has 0 aliphatic carbocycles. The van der Waals surface area contributed by atoms with Crippen molar-refractivity contribution in [2.24, 2.45) is 10.9 Å². The number of aromatic nitrogens is 2. The lowest BCUT2D eigenvalue weighted by molar-refractivity contribution is 0.291. The van der Waals surface area contributed by atoms with E-state index in [4.69, 9.17) is 9.72 Å². The lowest BCUT2D eigenvalue weighted by atomic mass is 10.1. The normalized spacial score (nSPS) is 18.0. The summed E-state index contributed by atoms with van der Waals surface area (Å²) in [6.07, 6.45) is 1.80. The lowest BCUT2D eigenvalue weighted by Crippen LogP contribution is -2.13. The number of benzene rings is 1. The average molecular weight is 291 g/mol. The van der Waals surface area contributed by atoms with Gasteiger partial charge in [-0.1, -0.05) is 38.1 Å². The molecule has 0 amide bonds. The van der Waals surface area contributed by atoms with Crippen LogP contribution in [0.25, 0.3) is 21.8 Å². The third kappa shape index (κ3) is 2.11. The predicted octanol–water partition coefficient (Wildman–Crippen LogP) is 3.58. The van der Waals surface area contributed by atoms with Crippen molar-refractivity contribution in [1.82, 2.24) is 9.97 Å². The number of rotatable bonds is 2. The topological polar surface area (TPSA) is 47.4 Å². The highest BCUT2D eigenvalue weighted by Crippen LogP contribution is 2.23. The van der Waals surface area contributed by atoms with Crippen LogP contribution in [0.1, 0.15) is 19.5 Å². The van der Waals surface area contributed by atoms with Crippen LogP contribution in [0, 0.1) is 5.92 Å².